The van der Waals surface area contributed by atoms with Crippen molar-refractivity contribution in [3.63, 3.8) is 0 Å². The fraction of sp³-hybridized carbons (Fsp3) is 0. The van der Waals surface area contributed by atoms with Crippen molar-refractivity contribution in [3.05, 3.63) is 218 Å². The topological polar surface area (TPSA) is 32.8 Å². The van der Waals surface area contributed by atoms with Crippen LogP contribution in [0.5, 0.6) is 0 Å². The molecular weight excluding hydrogens is 829 g/mol. The quantitative estimate of drug-likeness (QED) is 0.123. The van der Waals surface area contributed by atoms with Crippen LogP contribution >= 0.6 is 0 Å². The molecular formula is C64H36N2O2. The van der Waals surface area contributed by atoms with E-state index >= 15 is 0 Å². The van der Waals surface area contributed by atoms with Gasteiger partial charge >= 0.3 is 0 Å². The number of benzene rings is 14. The van der Waals surface area contributed by atoms with E-state index < -0.39 is 0 Å². The van der Waals surface area contributed by atoms with E-state index in [4.69, 9.17) is 8.83 Å². The van der Waals surface area contributed by atoms with Crippen molar-refractivity contribution in [1.82, 2.24) is 0 Å². The van der Waals surface area contributed by atoms with E-state index in [2.05, 4.69) is 228 Å². The smallest absolute Gasteiger partial charge is 0.136 e. The van der Waals surface area contributed by atoms with Crippen molar-refractivity contribution < 1.29 is 8.83 Å². The summed E-state index contributed by atoms with van der Waals surface area (Å²) in [5.41, 5.74) is 12.4. The third-order valence-corrected chi connectivity index (χ3v) is 14.8. The minimum absolute atomic E-state index is 0.855. The lowest BCUT2D eigenvalue weighted by molar-refractivity contribution is 0.647. The molecule has 0 bridgehead atoms. The molecule has 2 heterocycles. The number of rotatable bonds is 6. The highest BCUT2D eigenvalue weighted by Gasteiger charge is 2.31. The molecule has 0 fully saturated rings. The van der Waals surface area contributed by atoms with Gasteiger partial charge < -0.3 is 18.6 Å². The van der Waals surface area contributed by atoms with Gasteiger partial charge in [-0.3, -0.25) is 0 Å². The monoisotopic (exact) mass is 864 g/mol. The Hall–Kier alpha value is -9.12. The van der Waals surface area contributed by atoms with Crippen LogP contribution in [0, 0.1) is 0 Å². The van der Waals surface area contributed by atoms with Crippen molar-refractivity contribution in [2.75, 3.05) is 9.80 Å². The summed E-state index contributed by atoms with van der Waals surface area (Å²) in [6, 6.07) is 79.0. The number of hydrogen-bond donors (Lipinski definition) is 0. The van der Waals surface area contributed by atoms with Crippen LogP contribution in [0.1, 0.15) is 0 Å². The van der Waals surface area contributed by atoms with Gasteiger partial charge in [0, 0.05) is 66.2 Å². The zero-order chi connectivity index (χ0) is 44.2. The first kappa shape index (κ1) is 36.1. The Bertz CT molecular complexity index is 4220. The third-order valence-electron chi connectivity index (χ3n) is 14.8. The zero-order valence-corrected chi connectivity index (χ0v) is 36.5. The van der Waals surface area contributed by atoms with Gasteiger partial charge in [-0.15, -0.1) is 0 Å². The van der Waals surface area contributed by atoms with E-state index in [9.17, 15) is 0 Å². The highest BCUT2D eigenvalue weighted by Crippen LogP contribution is 2.56. The second-order valence-electron chi connectivity index (χ2n) is 18.3. The lowest BCUT2D eigenvalue weighted by atomic mass is 9.82. The van der Waals surface area contributed by atoms with Gasteiger partial charge in [-0.25, -0.2) is 0 Å². The summed E-state index contributed by atoms with van der Waals surface area (Å²) in [6.45, 7) is 0. The summed E-state index contributed by atoms with van der Waals surface area (Å²) in [4.78, 5) is 4.75. The second-order valence-corrected chi connectivity index (χ2v) is 18.3. The number of fused-ring (bicyclic) bond motifs is 4. The molecule has 14 aromatic carbocycles. The zero-order valence-electron chi connectivity index (χ0n) is 36.5. The Morgan fingerprint density at radius 2 is 0.544 bits per heavy atom. The maximum absolute atomic E-state index is 7.23. The van der Waals surface area contributed by atoms with Crippen LogP contribution in [0.15, 0.2) is 227 Å². The van der Waals surface area contributed by atoms with E-state index in [1.54, 1.807) is 0 Å². The largest absolute Gasteiger partial charge is 0.456 e. The van der Waals surface area contributed by atoms with Gasteiger partial charge in [0.15, 0.2) is 0 Å². The van der Waals surface area contributed by atoms with Crippen molar-refractivity contribution in [2.45, 2.75) is 0 Å². The van der Waals surface area contributed by atoms with E-state index in [-0.39, 0.29) is 0 Å². The summed E-state index contributed by atoms with van der Waals surface area (Å²) in [6.07, 6.45) is 0. The fourth-order valence-corrected chi connectivity index (χ4v) is 12.2. The highest BCUT2D eigenvalue weighted by molar-refractivity contribution is 6.43. The number of anilines is 6. The predicted molar refractivity (Wildman–Crippen MR) is 286 cm³/mol. The summed E-state index contributed by atoms with van der Waals surface area (Å²) in [5.74, 6) is 0. The molecule has 4 heteroatoms. The normalized spacial score (nSPS) is 12.4. The highest BCUT2D eigenvalue weighted by atomic mass is 16.3. The molecule has 2 aliphatic heterocycles. The molecule has 0 aromatic heterocycles. The van der Waals surface area contributed by atoms with Crippen LogP contribution in [-0.2, 0) is 0 Å². The van der Waals surface area contributed by atoms with Gasteiger partial charge in [0.1, 0.15) is 22.3 Å². The van der Waals surface area contributed by atoms with E-state index in [0.29, 0.717) is 0 Å². The first-order chi connectivity index (χ1) is 33.8. The fourth-order valence-electron chi connectivity index (χ4n) is 12.2. The summed E-state index contributed by atoms with van der Waals surface area (Å²) >= 11 is 0. The Morgan fingerprint density at radius 1 is 0.221 bits per heavy atom. The average molecular weight is 865 g/mol. The molecule has 16 rings (SSSR count). The molecule has 68 heavy (non-hydrogen) atoms. The molecule has 0 atom stereocenters. The van der Waals surface area contributed by atoms with E-state index in [0.717, 1.165) is 89.1 Å². The first-order valence-corrected chi connectivity index (χ1v) is 23.3. The molecule has 0 spiro atoms. The molecule has 0 radical (unpaired) electrons. The van der Waals surface area contributed by atoms with Crippen LogP contribution in [0.4, 0.5) is 34.1 Å². The Balaban J connectivity index is 0.983. The van der Waals surface area contributed by atoms with Crippen LogP contribution in [0.2, 0.25) is 0 Å². The Labute approximate surface area is 389 Å². The van der Waals surface area contributed by atoms with E-state index in [1.807, 2.05) is 0 Å². The van der Waals surface area contributed by atoms with Crippen molar-refractivity contribution in [1.29, 1.82) is 0 Å². The summed E-state index contributed by atoms with van der Waals surface area (Å²) in [5, 5.41) is 19.1. The molecule has 0 saturated heterocycles. The van der Waals surface area contributed by atoms with Crippen LogP contribution in [0.25, 0.3) is 120 Å². The van der Waals surface area contributed by atoms with Gasteiger partial charge in [0.05, 0.1) is 11.4 Å². The van der Waals surface area contributed by atoms with Gasteiger partial charge in [-0.1, -0.05) is 121 Å². The summed E-state index contributed by atoms with van der Waals surface area (Å²) in [7, 11) is 0. The Morgan fingerprint density at radius 3 is 0.926 bits per heavy atom. The second kappa shape index (κ2) is 13.3. The third kappa shape index (κ3) is 4.68. The first-order valence-electron chi connectivity index (χ1n) is 23.3. The lowest BCUT2D eigenvalue weighted by Crippen LogP contribution is -2.10. The molecule has 2 aliphatic rings. The van der Waals surface area contributed by atoms with Gasteiger partial charge in [-0.2, -0.15) is 0 Å². The van der Waals surface area contributed by atoms with Gasteiger partial charge in [-0.05, 0) is 151 Å². The van der Waals surface area contributed by atoms with Crippen molar-refractivity contribution in [3.8, 4) is 11.1 Å². The van der Waals surface area contributed by atoms with Gasteiger partial charge in [0.2, 0.25) is 0 Å². The number of para-hydroxylation sites is 4. The summed E-state index contributed by atoms with van der Waals surface area (Å²) < 4.78 is 14.5. The van der Waals surface area contributed by atoms with E-state index in [1.165, 1.54) is 64.6 Å². The SMILES string of the molecule is c1ccc(N(c2ccccc2)c2ccc3c4cc5oc6ccc7c8cccc9c(N(c%10ccccc%10)c%10ccccc%10)ccc(c%10cc%11oc%12ccc(c%13cccc2c%133)c4c%12c5-c%11c6c7%10)c98)cc1. The number of hydrogen-bond acceptors (Lipinski definition) is 4. The maximum atomic E-state index is 7.23. The predicted octanol–water partition coefficient (Wildman–Crippen LogP) is 18.8. The van der Waals surface area contributed by atoms with Gasteiger partial charge in [0.25, 0.3) is 0 Å². The molecule has 0 saturated carbocycles. The molecule has 4 nitrogen and oxygen atoms in total. The molecule has 0 aliphatic carbocycles. The van der Waals surface area contributed by atoms with Crippen LogP contribution in [-0.4, -0.2) is 0 Å². The molecule has 0 amide bonds. The minimum Gasteiger partial charge on any atom is -0.456 e. The molecule has 314 valence electrons. The van der Waals surface area contributed by atoms with Crippen LogP contribution < -0.4 is 9.80 Å². The minimum atomic E-state index is 0.855. The molecule has 0 unspecified atom stereocenters. The van der Waals surface area contributed by atoms with Crippen molar-refractivity contribution >= 4 is 143 Å². The maximum Gasteiger partial charge on any atom is 0.136 e. The average Bonchev–Trinajstić information content (AvgIpc) is 3.40. The number of nitrogens with zero attached hydrogens (tertiary/aromatic N) is 2. The standard InChI is InChI=1S/C64H36N2O2/c1-5-15-37(16-6-1)65(38-17-7-2-8-18-38)51-31-27-45-49-35-55-63-61-53(33-29-43(59(49)61)41-23-13-25-47(51)57(41)45)68-56-36-50-46-28-32-52(66(39-19-9-3-10-20-39)40-21-11-4-12-22-40)48-26-14-24-42(58(46)48)44-30-34-54(67-55)62(60(44)50)64(56)63/h1-36H. The Kier molecular flexibility index (Phi) is 7.04. The van der Waals surface area contributed by atoms with Crippen LogP contribution in [0.3, 0.4) is 0 Å². The molecule has 14 aromatic rings. The molecule has 0 N–H and O–H groups in total. The van der Waals surface area contributed by atoms with Crippen molar-refractivity contribution in [2.24, 2.45) is 0 Å². The lowest BCUT2D eigenvalue weighted by Gasteiger charge is -2.28.